The summed E-state index contributed by atoms with van der Waals surface area (Å²) in [5.41, 5.74) is 3.99. The fourth-order valence-electron chi connectivity index (χ4n) is 2.25. The van der Waals surface area contributed by atoms with Crippen molar-refractivity contribution >= 4 is 28.1 Å². The lowest BCUT2D eigenvalue weighted by molar-refractivity contribution is 0.0949. The van der Waals surface area contributed by atoms with Gasteiger partial charge in [0, 0.05) is 22.3 Å². The van der Waals surface area contributed by atoms with E-state index in [-0.39, 0.29) is 17.2 Å². The van der Waals surface area contributed by atoms with E-state index < -0.39 is 5.91 Å². The first-order valence-electron chi connectivity index (χ1n) is 7.64. The third kappa shape index (κ3) is 4.48. The van der Waals surface area contributed by atoms with Crippen LogP contribution >= 0.6 is 15.9 Å². The van der Waals surface area contributed by atoms with Crippen LogP contribution in [-0.4, -0.2) is 32.1 Å². The normalized spacial score (nSPS) is 11.0. The van der Waals surface area contributed by atoms with E-state index in [9.17, 15) is 15.0 Å². The van der Waals surface area contributed by atoms with Crippen LogP contribution in [0.2, 0.25) is 0 Å². The summed E-state index contributed by atoms with van der Waals surface area (Å²) in [5, 5.41) is 26.9. The number of aromatic hydroxyl groups is 2. The lowest BCUT2D eigenvalue weighted by atomic mass is 10.2. The SMILES string of the molecule is O=C(NN=Cc1ccc(O)cc1O)c1ccn(Cc2cccc(Br)c2)n1. The number of amides is 1. The molecule has 1 aromatic heterocycles. The number of phenolic OH excluding ortho intramolecular Hbond substituents is 2. The Morgan fingerprint density at radius 3 is 2.85 bits per heavy atom. The highest BCUT2D eigenvalue weighted by Gasteiger charge is 2.09. The van der Waals surface area contributed by atoms with E-state index in [1.807, 2.05) is 24.3 Å². The first kappa shape index (κ1) is 17.7. The smallest absolute Gasteiger partial charge is 0.291 e. The molecule has 0 saturated heterocycles. The molecule has 0 atom stereocenters. The maximum atomic E-state index is 12.1. The highest BCUT2D eigenvalue weighted by Crippen LogP contribution is 2.20. The molecule has 0 saturated carbocycles. The van der Waals surface area contributed by atoms with Gasteiger partial charge in [0.2, 0.25) is 0 Å². The molecular formula is C18H15BrN4O3. The number of rotatable bonds is 5. The third-order valence-electron chi connectivity index (χ3n) is 3.49. The van der Waals surface area contributed by atoms with Crippen molar-refractivity contribution in [2.24, 2.45) is 5.10 Å². The van der Waals surface area contributed by atoms with Gasteiger partial charge in [-0.05, 0) is 35.9 Å². The van der Waals surface area contributed by atoms with E-state index in [0.29, 0.717) is 12.1 Å². The summed E-state index contributed by atoms with van der Waals surface area (Å²) in [4.78, 5) is 12.1. The van der Waals surface area contributed by atoms with Gasteiger partial charge in [-0.2, -0.15) is 10.2 Å². The Kier molecular flexibility index (Phi) is 5.33. The van der Waals surface area contributed by atoms with Crippen molar-refractivity contribution in [3.05, 3.63) is 76.0 Å². The molecule has 0 aliphatic carbocycles. The second-order valence-corrected chi connectivity index (χ2v) is 6.39. The average Bonchev–Trinajstić information content (AvgIpc) is 3.05. The Labute approximate surface area is 157 Å². The van der Waals surface area contributed by atoms with Crippen LogP contribution in [0, 0.1) is 0 Å². The zero-order valence-electron chi connectivity index (χ0n) is 13.5. The Bertz CT molecular complexity index is 969. The topological polar surface area (TPSA) is 99.7 Å². The zero-order valence-corrected chi connectivity index (χ0v) is 15.1. The molecule has 0 fully saturated rings. The first-order chi connectivity index (χ1) is 12.5. The predicted octanol–water partition coefficient (Wildman–Crippen LogP) is 2.87. The molecule has 1 heterocycles. The quantitative estimate of drug-likeness (QED) is 0.441. The lowest BCUT2D eigenvalue weighted by Gasteiger charge is -2.02. The van der Waals surface area contributed by atoms with Gasteiger partial charge in [0.1, 0.15) is 11.5 Å². The molecule has 2 aromatic carbocycles. The van der Waals surface area contributed by atoms with Crippen LogP contribution in [0.5, 0.6) is 11.5 Å². The van der Waals surface area contributed by atoms with Gasteiger partial charge in [-0.15, -0.1) is 0 Å². The largest absolute Gasteiger partial charge is 0.508 e. The van der Waals surface area contributed by atoms with Crippen LogP contribution in [0.3, 0.4) is 0 Å². The van der Waals surface area contributed by atoms with Gasteiger partial charge >= 0.3 is 0 Å². The van der Waals surface area contributed by atoms with Crippen molar-refractivity contribution in [2.45, 2.75) is 6.54 Å². The van der Waals surface area contributed by atoms with Gasteiger partial charge in [0.25, 0.3) is 5.91 Å². The molecule has 0 radical (unpaired) electrons. The number of carbonyl (C=O) groups excluding carboxylic acids is 1. The van der Waals surface area contributed by atoms with E-state index in [2.05, 4.69) is 31.6 Å². The number of hydrogen-bond donors (Lipinski definition) is 3. The van der Waals surface area contributed by atoms with Crippen molar-refractivity contribution in [2.75, 3.05) is 0 Å². The Morgan fingerprint density at radius 1 is 1.23 bits per heavy atom. The molecule has 7 nitrogen and oxygen atoms in total. The van der Waals surface area contributed by atoms with E-state index >= 15 is 0 Å². The summed E-state index contributed by atoms with van der Waals surface area (Å²) in [7, 11) is 0. The number of nitrogens with zero attached hydrogens (tertiary/aromatic N) is 3. The second-order valence-electron chi connectivity index (χ2n) is 5.47. The van der Waals surface area contributed by atoms with E-state index in [1.54, 1.807) is 16.9 Å². The number of hydrazone groups is 1. The third-order valence-corrected chi connectivity index (χ3v) is 3.98. The molecule has 3 N–H and O–H groups in total. The van der Waals surface area contributed by atoms with Crippen molar-refractivity contribution in [3.8, 4) is 11.5 Å². The van der Waals surface area contributed by atoms with E-state index in [0.717, 1.165) is 10.0 Å². The maximum Gasteiger partial charge on any atom is 0.291 e. The number of nitrogens with one attached hydrogen (secondary N) is 1. The van der Waals surface area contributed by atoms with Gasteiger partial charge in [-0.1, -0.05) is 28.1 Å². The van der Waals surface area contributed by atoms with Crippen LogP contribution in [0.15, 0.2) is 64.3 Å². The molecule has 0 aliphatic heterocycles. The minimum atomic E-state index is -0.465. The summed E-state index contributed by atoms with van der Waals surface area (Å²) < 4.78 is 2.64. The fraction of sp³-hybridized carbons (Fsp3) is 0.0556. The Balaban J connectivity index is 1.62. The van der Waals surface area contributed by atoms with Crippen molar-refractivity contribution in [1.82, 2.24) is 15.2 Å². The van der Waals surface area contributed by atoms with E-state index in [1.165, 1.54) is 24.4 Å². The number of carbonyl (C=O) groups is 1. The van der Waals surface area contributed by atoms with Gasteiger partial charge < -0.3 is 10.2 Å². The second kappa shape index (κ2) is 7.83. The van der Waals surface area contributed by atoms with Gasteiger partial charge in [-0.25, -0.2) is 5.43 Å². The Morgan fingerprint density at radius 2 is 2.08 bits per heavy atom. The van der Waals surface area contributed by atoms with Gasteiger partial charge in [-0.3, -0.25) is 9.48 Å². The highest BCUT2D eigenvalue weighted by atomic mass is 79.9. The number of phenols is 2. The fourth-order valence-corrected chi connectivity index (χ4v) is 2.70. The lowest BCUT2D eigenvalue weighted by Crippen LogP contribution is -2.18. The van der Waals surface area contributed by atoms with Gasteiger partial charge in [0.15, 0.2) is 5.69 Å². The number of aromatic nitrogens is 2. The molecule has 0 unspecified atom stereocenters. The molecule has 8 heteroatoms. The van der Waals surface area contributed by atoms with Crippen molar-refractivity contribution in [3.63, 3.8) is 0 Å². The maximum absolute atomic E-state index is 12.1. The van der Waals surface area contributed by atoms with Crippen LogP contribution in [-0.2, 0) is 6.54 Å². The van der Waals surface area contributed by atoms with Crippen LogP contribution in [0.4, 0.5) is 0 Å². The number of benzene rings is 2. The average molecular weight is 415 g/mol. The molecule has 26 heavy (non-hydrogen) atoms. The summed E-state index contributed by atoms with van der Waals surface area (Å²) >= 11 is 3.42. The van der Waals surface area contributed by atoms with Crippen molar-refractivity contribution in [1.29, 1.82) is 0 Å². The molecular weight excluding hydrogens is 400 g/mol. The predicted molar refractivity (Wildman–Crippen MR) is 100 cm³/mol. The van der Waals surface area contributed by atoms with Crippen LogP contribution in [0.1, 0.15) is 21.6 Å². The molecule has 1 amide bonds. The molecule has 0 bridgehead atoms. The van der Waals surface area contributed by atoms with Crippen LogP contribution < -0.4 is 5.43 Å². The molecule has 3 aromatic rings. The number of hydrogen-bond acceptors (Lipinski definition) is 5. The summed E-state index contributed by atoms with van der Waals surface area (Å²) in [5.74, 6) is -0.659. The van der Waals surface area contributed by atoms with Crippen molar-refractivity contribution < 1.29 is 15.0 Å². The summed E-state index contributed by atoms with van der Waals surface area (Å²) in [6.45, 7) is 0.539. The summed E-state index contributed by atoms with van der Waals surface area (Å²) in [6, 6.07) is 13.5. The molecule has 132 valence electrons. The first-order valence-corrected chi connectivity index (χ1v) is 8.44. The minimum absolute atomic E-state index is 0.0559. The standard InChI is InChI=1S/C18H15BrN4O3/c19-14-3-1-2-12(8-14)11-23-7-6-16(22-23)18(26)21-20-10-13-4-5-15(24)9-17(13)25/h1-10,24-25H,11H2,(H,21,26). The molecule has 0 aliphatic rings. The van der Waals surface area contributed by atoms with E-state index in [4.69, 9.17) is 0 Å². The monoisotopic (exact) mass is 414 g/mol. The molecule has 3 rings (SSSR count). The highest BCUT2D eigenvalue weighted by molar-refractivity contribution is 9.10. The summed E-state index contributed by atoms with van der Waals surface area (Å²) in [6.07, 6.45) is 3.00. The minimum Gasteiger partial charge on any atom is -0.508 e. The van der Waals surface area contributed by atoms with Crippen LogP contribution in [0.25, 0.3) is 0 Å². The number of halogens is 1. The zero-order chi connectivity index (χ0) is 18.5. The Hall–Kier alpha value is -3.13. The molecule has 0 spiro atoms. The van der Waals surface area contributed by atoms with Gasteiger partial charge in [0.05, 0.1) is 12.8 Å².